The molecule has 0 unspecified atom stereocenters. The summed E-state index contributed by atoms with van der Waals surface area (Å²) in [5, 5.41) is 2.23. The molecule has 0 aliphatic rings. The van der Waals surface area contributed by atoms with Crippen LogP contribution in [0.25, 0.3) is 0 Å². The molecule has 0 heterocycles. The molecular formula is C25H32O3Si. The Morgan fingerprint density at radius 1 is 0.897 bits per heavy atom. The molecule has 4 heteroatoms. The van der Waals surface area contributed by atoms with Gasteiger partial charge in [0.15, 0.2) is 0 Å². The van der Waals surface area contributed by atoms with Gasteiger partial charge in [0.25, 0.3) is 8.32 Å². The van der Waals surface area contributed by atoms with Crippen LogP contribution in [-0.4, -0.2) is 28.0 Å². The molecule has 0 bridgehead atoms. The molecule has 0 aliphatic heterocycles. The molecule has 0 N–H and O–H groups in total. The summed E-state index contributed by atoms with van der Waals surface area (Å²) in [5.74, 6) is -0.361. The van der Waals surface area contributed by atoms with Crippen molar-refractivity contribution in [1.29, 1.82) is 0 Å². The van der Waals surface area contributed by atoms with Crippen LogP contribution in [-0.2, 0) is 14.0 Å². The van der Waals surface area contributed by atoms with Gasteiger partial charge in [-0.1, -0.05) is 93.1 Å². The van der Waals surface area contributed by atoms with Gasteiger partial charge in [0.05, 0.1) is 19.3 Å². The predicted octanol–water partition coefficient (Wildman–Crippen LogP) is 4.63. The second-order valence-electron chi connectivity index (χ2n) is 8.38. The van der Waals surface area contributed by atoms with Crippen LogP contribution in [0.4, 0.5) is 0 Å². The zero-order chi connectivity index (χ0) is 21.5. The molecule has 0 aliphatic carbocycles. The number of benzene rings is 2. The molecule has 2 rings (SSSR count). The fourth-order valence-electron chi connectivity index (χ4n) is 3.52. The molecule has 0 saturated carbocycles. The van der Waals surface area contributed by atoms with E-state index in [9.17, 15) is 4.79 Å². The third kappa shape index (κ3) is 5.34. The number of esters is 1. The minimum absolute atomic E-state index is 0.145. The summed E-state index contributed by atoms with van der Waals surface area (Å²) >= 11 is 0. The lowest BCUT2D eigenvalue weighted by Crippen LogP contribution is -2.66. The predicted molar refractivity (Wildman–Crippen MR) is 123 cm³/mol. The molecule has 3 nitrogen and oxygen atoms in total. The summed E-state index contributed by atoms with van der Waals surface area (Å²) in [6.07, 6.45) is 3.72. The van der Waals surface area contributed by atoms with E-state index in [1.165, 1.54) is 17.5 Å². The second-order valence-corrected chi connectivity index (χ2v) is 12.7. The molecular weight excluding hydrogens is 376 g/mol. The van der Waals surface area contributed by atoms with Crippen molar-refractivity contribution >= 4 is 24.7 Å². The average Bonchev–Trinajstić information content (AvgIpc) is 2.70. The second kappa shape index (κ2) is 9.86. The normalized spacial score (nSPS) is 12.4. The monoisotopic (exact) mass is 408 g/mol. The Kier molecular flexibility index (Phi) is 7.77. The van der Waals surface area contributed by atoms with Crippen LogP contribution in [0.15, 0.2) is 84.0 Å². The highest BCUT2D eigenvalue weighted by molar-refractivity contribution is 6.99. The molecule has 0 saturated heterocycles. The smallest absolute Gasteiger partial charge is 0.336 e. The van der Waals surface area contributed by atoms with Crippen molar-refractivity contribution in [1.82, 2.24) is 0 Å². The summed E-state index contributed by atoms with van der Waals surface area (Å²) in [4.78, 5) is 12.4. The Labute approximate surface area is 176 Å². The molecule has 0 spiro atoms. The number of rotatable bonds is 7. The maximum absolute atomic E-state index is 12.4. The Hall–Kier alpha value is -2.43. The van der Waals surface area contributed by atoms with Crippen LogP contribution in [0.1, 0.15) is 34.6 Å². The first-order valence-electron chi connectivity index (χ1n) is 9.89. The number of hydrogen-bond donors (Lipinski definition) is 0. The van der Waals surface area contributed by atoms with Gasteiger partial charge in [-0.25, -0.2) is 4.79 Å². The van der Waals surface area contributed by atoms with Crippen LogP contribution in [0.5, 0.6) is 0 Å². The van der Waals surface area contributed by atoms with Gasteiger partial charge in [0.1, 0.15) is 0 Å². The first kappa shape index (κ1) is 22.9. The van der Waals surface area contributed by atoms with Gasteiger partial charge in [0.2, 0.25) is 0 Å². The third-order valence-electron chi connectivity index (χ3n) is 4.93. The zero-order valence-electron chi connectivity index (χ0n) is 18.4. The zero-order valence-corrected chi connectivity index (χ0v) is 19.4. The first-order chi connectivity index (χ1) is 13.7. The van der Waals surface area contributed by atoms with E-state index in [2.05, 4.69) is 69.3 Å². The van der Waals surface area contributed by atoms with Crippen LogP contribution < -0.4 is 10.4 Å². The van der Waals surface area contributed by atoms with Gasteiger partial charge in [-0.05, 0) is 35.3 Å². The Balaban J connectivity index is 2.60. The van der Waals surface area contributed by atoms with Crippen molar-refractivity contribution < 1.29 is 14.0 Å². The van der Waals surface area contributed by atoms with Crippen LogP contribution in [0, 0.1) is 0 Å². The fourth-order valence-corrected chi connectivity index (χ4v) is 8.05. The average molecular weight is 409 g/mol. The van der Waals surface area contributed by atoms with Crippen molar-refractivity contribution in [2.45, 2.75) is 39.7 Å². The number of allylic oxidation sites excluding steroid dienone is 3. The Morgan fingerprint density at radius 2 is 1.38 bits per heavy atom. The first-order valence-corrected chi connectivity index (χ1v) is 11.8. The Morgan fingerprint density at radius 3 is 1.76 bits per heavy atom. The largest absolute Gasteiger partial charge is 0.466 e. The van der Waals surface area contributed by atoms with Gasteiger partial charge < -0.3 is 9.16 Å². The number of hydrogen-bond acceptors (Lipinski definition) is 3. The summed E-state index contributed by atoms with van der Waals surface area (Å²) in [5.41, 5.74) is 1.62. The van der Waals surface area contributed by atoms with Gasteiger partial charge in [0, 0.05) is 0 Å². The Bertz CT molecular complexity index is 818. The number of ether oxygens (including phenoxy) is 1. The minimum atomic E-state index is -2.70. The standard InChI is InChI=1S/C25H32O3Si/c1-20(2)17-18-21(24(26)27-6)19-28-29(25(3,4)5,22-13-9-7-10-14-22)23-15-11-8-12-16-23/h7-18H,19H2,1-6H3/b21-18-. The molecule has 0 atom stereocenters. The van der Waals surface area contributed by atoms with Gasteiger partial charge in [-0.3, -0.25) is 0 Å². The quantitative estimate of drug-likeness (QED) is 0.290. The molecule has 154 valence electrons. The highest BCUT2D eigenvalue weighted by atomic mass is 28.4. The molecule has 2 aromatic rings. The van der Waals surface area contributed by atoms with Crippen LogP contribution >= 0.6 is 0 Å². The van der Waals surface area contributed by atoms with E-state index >= 15 is 0 Å². The van der Waals surface area contributed by atoms with Crippen molar-refractivity contribution in [3.8, 4) is 0 Å². The highest BCUT2D eigenvalue weighted by Crippen LogP contribution is 2.37. The van der Waals surface area contributed by atoms with E-state index in [0.717, 1.165) is 5.57 Å². The SMILES string of the molecule is COC(=O)/C(=C\C=C(C)C)CO[Si](c1ccccc1)(c1ccccc1)C(C)(C)C. The summed E-state index contributed by atoms with van der Waals surface area (Å²) in [6, 6.07) is 20.8. The maximum Gasteiger partial charge on any atom is 0.336 e. The van der Waals surface area contributed by atoms with Crippen molar-refractivity contribution in [2.24, 2.45) is 0 Å². The van der Waals surface area contributed by atoms with E-state index in [1.807, 2.05) is 32.1 Å². The summed E-state index contributed by atoms with van der Waals surface area (Å²) in [7, 11) is -1.29. The lowest BCUT2D eigenvalue weighted by molar-refractivity contribution is -0.136. The lowest BCUT2D eigenvalue weighted by atomic mass is 10.2. The van der Waals surface area contributed by atoms with Gasteiger partial charge >= 0.3 is 5.97 Å². The van der Waals surface area contributed by atoms with E-state index in [1.54, 1.807) is 6.08 Å². The van der Waals surface area contributed by atoms with Crippen LogP contribution in [0.3, 0.4) is 0 Å². The minimum Gasteiger partial charge on any atom is -0.466 e. The van der Waals surface area contributed by atoms with Gasteiger partial charge in [-0.2, -0.15) is 0 Å². The highest BCUT2D eigenvalue weighted by Gasteiger charge is 2.50. The fraction of sp³-hybridized carbons (Fsp3) is 0.320. The van der Waals surface area contributed by atoms with E-state index in [-0.39, 0.29) is 17.6 Å². The van der Waals surface area contributed by atoms with E-state index in [4.69, 9.17) is 9.16 Å². The molecule has 2 aromatic carbocycles. The molecule has 0 fully saturated rings. The van der Waals surface area contributed by atoms with Crippen LogP contribution in [0.2, 0.25) is 5.04 Å². The molecule has 0 radical (unpaired) electrons. The number of carbonyl (C=O) groups excluding carboxylic acids is 1. The summed E-state index contributed by atoms with van der Waals surface area (Å²) < 4.78 is 11.8. The molecule has 0 amide bonds. The van der Waals surface area contributed by atoms with Crippen molar-refractivity contribution in [2.75, 3.05) is 13.7 Å². The molecule has 29 heavy (non-hydrogen) atoms. The topological polar surface area (TPSA) is 35.5 Å². The third-order valence-corrected chi connectivity index (χ3v) is 9.91. The molecule has 0 aromatic heterocycles. The number of methoxy groups -OCH3 is 1. The van der Waals surface area contributed by atoms with E-state index in [0.29, 0.717) is 5.57 Å². The van der Waals surface area contributed by atoms with Crippen molar-refractivity contribution in [3.63, 3.8) is 0 Å². The lowest BCUT2D eigenvalue weighted by Gasteiger charge is -2.43. The maximum atomic E-state index is 12.4. The summed E-state index contributed by atoms with van der Waals surface area (Å²) in [6.45, 7) is 10.8. The number of carbonyl (C=O) groups is 1. The van der Waals surface area contributed by atoms with Crippen molar-refractivity contribution in [3.05, 3.63) is 84.0 Å². The van der Waals surface area contributed by atoms with E-state index < -0.39 is 8.32 Å². The van der Waals surface area contributed by atoms with Gasteiger partial charge in [-0.15, -0.1) is 0 Å².